The van der Waals surface area contributed by atoms with Gasteiger partial charge in [0.1, 0.15) is 0 Å². The van der Waals surface area contributed by atoms with E-state index in [0.717, 1.165) is 65.2 Å². The molecule has 156 valence electrons. The van der Waals surface area contributed by atoms with Gasteiger partial charge in [-0.15, -0.1) is 5.10 Å². The van der Waals surface area contributed by atoms with Gasteiger partial charge in [-0.05, 0) is 52.6 Å². The minimum atomic E-state index is 0.0293. The van der Waals surface area contributed by atoms with Crippen LogP contribution in [-0.4, -0.2) is 100 Å². The molecule has 1 aromatic rings. The van der Waals surface area contributed by atoms with Crippen LogP contribution in [0.5, 0.6) is 0 Å². The van der Waals surface area contributed by atoms with Crippen LogP contribution in [0.2, 0.25) is 0 Å². The second-order valence-electron chi connectivity index (χ2n) is 8.71. The van der Waals surface area contributed by atoms with Crippen molar-refractivity contribution in [2.75, 3.05) is 52.4 Å². The standard InChI is InChI=1S/C20H35N7O/c1-16-3-4-17(2)26(16)14-11-24-9-12-25(13-10-24)20(28)19-15-27(23-22-19)18-5-7-21-8-6-18/h15-18,21H,3-14H2,1-2H3. The molecule has 2 atom stereocenters. The summed E-state index contributed by atoms with van der Waals surface area (Å²) in [4.78, 5) is 19.9. The first-order valence-corrected chi connectivity index (χ1v) is 11.0. The zero-order valence-electron chi connectivity index (χ0n) is 17.4. The zero-order valence-corrected chi connectivity index (χ0v) is 17.4. The Hall–Kier alpha value is -1.51. The molecule has 3 saturated heterocycles. The molecule has 4 rings (SSSR count). The van der Waals surface area contributed by atoms with Gasteiger partial charge in [0.25, 0.3) is 5.91 Å². The Morgan fingerprint density at radius 2 is 1.71 bits per heavy atom. The maximum Gasteiger partial charge on any atom is 0.276 e. The number of amides is 1. The SMILES string of the molecule is CC1CCC(C)N1CCN1CCN(C(=O)c2cn(C3CCNCC3)nn2)CC1. The van der Waals surface area contributed by atoms with E-state index in [1.165, 1.54) is 12.8 Å². The van der Waals surface area contributed by atoms with Gasteiger partial charge in [-0.3, -0.25) is 14.6 Å². The third-order valence-electron chi connectivity index (χ3n) is 6.88. The molecule has 4 heterocycles. The largest absolute Gasteiger partial charge is 0.335 e. The maximum atomic E-state index is 12.8. The Balaban J connectivity index is 1.24. The minimum Gasteiger partial charge on any atom is -0.335 e. The third kappa shape index (κ3) is 4.39. The molecule has 0 spiro atoms. The number of hydrogen-bond acceptors (Lipinski definition) is 6. The molecule has 1 amide bonds. The fraction of sp³-hybridized carbons (Fsp3) is 0.850. The molecule has 1 N–H and O–H groups in total. The molecular formula is C20H35N7O. The van der Waals surface area contributed by atoms with Crippen LogP contribution in [0.15, 0.2) is 6.20 Å². The average molecular weight is 390 g/mol. The van der Waals surface area contributed by atoms with Gasteiger partial charge in [0, 0.05) is 51.4 Å². The van der Waals surface area contributed by atoms with Crippen molar-refractivity contribution in [3.05, 3.63) is 11.9 Å². The van der Waals surface area contributed by atoms with Crippen LogP contribution in [0.3, 0.4) is 0 Å². The van der Waals surface area contributed by atoms with Gasteiger partial charge in [0.2, 0.25) is 0 Å². The van der Waals surface area contributed by atoms with Crippen molar-refractivity contribution >= 4 is 5.91 Å². The quantitative estimate of drug-likeness (QED) is 0.805. The second kappa shape index (κ2) is 8.88. The Morgan fingerprint density at radius 3 is 2.39 bits per heavy atom. The fourth-order valence-electron chi connectivity index (χ4n) is 4.91. The highest BCUT2D eigenvalue weighted by molar-refractivity contribution is 5.92. The molecule has 28 heavy (non-hydrogen) atoms. The smallest absolute Gasteiger partial charge is 0.276 e. The minimum absolute atomic E-state index is 0.0293. The summed E-state index contributed by atoms with van der Waals surface area (Å²) in [5.74, 6) is 0.0293. The van der Waals surface area contributed by atoms with Gasteiger partial charge < -0.3 is 10.2 Å². The van der Waals surface area contributed by atoms with E-state index in [1.807, 2.05) is 15.8 Å². The molecule has 3 fully saturated rings. The van der Waals surface area contributed by atoms with Crippen LogP contribution >= 0.6 is 0 Å². The molecule has 0 aromatic carbocycles. The predicted octanol–water partition coefficient (Wildman–Crippen LogP) is 0.833. The number of piperazine rings is 1. The van der Waals surface area contributed by atoms with Crippen LogP contribution < -0.4 is 5.32 Å². The Bertz CT molecular complexity index is 639. The number of aromatic nitrogens is 3. The van der Waals surface area contributed by atoms with Gasteiger partial charge in [-0.1, -0.05) is 5.21 Å². The highest BCUT2D eigenvalue weighted by Crippen LogP contribution is 2.23. The summed E-state index contributed by atoms with van der Waals surface area (Å²) < 4.78 is 1.89. The number of nitrogens with zero attached hydrogens (tertiary/aromatic N) is 6. The number of piperidine rings is 1. The average Bonchev–Trinajstić information content (AvgIpc) is 3.34. The van der Waals surface area contributed by atoms with Crippen LogP contribution in [-0.2, 0) is 0 Å². The van der Waals surface area contributed by atoms with E-state index in [-0.39, 0.29) is 5.91 Å². The summed E-state index contributed by atoms with van der Waals surface area (Å²) in [7, 11) is 0. The second-order valence-corrected chi connectivity index (χ2v) is 8.71. The first-order valence-electron chi connectivity index (χ1n) is 11.0. The first-order chi connectivity index (χ1) is 13.6. The van der Waals surface area contributed by atoms with Crippen molar-refractivity contribution in [3.63, 3.8) is 0 Å². The van der Waals surface area contributed by atoms with Gasteiger partial charge in [-0.2, -0.15) is 0 Å². The number of nitrogens with one attached hydrogen (secondary N) is 1. The van der Waals surface area contributed by atoms with Gasteiger partial charge >= 0.3 is 0 Å². The summed E-state index contributed by atoms with van der Waals surface area (Å²) in [5, 5.41) is 11.8. The van der Waals surface area contributed by atoms with E-state index in [4.69, 9.17) is 0 Å². The molecule has 0 radical (unpaired) electrons. The lowest BCUT2D eigenvalue weighted by molar-refractivity contribution is 0.0609. The normalized spacial score (nSPS) is 28.1. The predicted molar refractivity (Wildman–Crippen MR) is 108 cm³/mol. The van der Waals surface area contributed by atoms with Gasteiger partial charge in [-0.25, -0.2) is 4.68 Å². The van der Waals surface area contributed by atoms with Crippen molar-refractivity contribution in [2.45, 2.75) is 57.7 Å². The van der Waals surface area contributed by atoms with E-state index < -0.39 is 0 Å². The van der Waals surface area contributed by atoms with Crippen LogP contribution in [0.1, 0.15) is 56.1 Å². The molecule has 2 unspecified atom stereocenters. The summed E-state index contributed by atoms with van der Waals surface area (Å²) in [5.41, 5.74) is 0.492. The van der Waals surface area contributed by atoms with Crippen molar-refractivity contribution in [3.8, 4) is 0 Å². The highest BCUT2D eigenvalue weighted by Gasteiger charge is 2.29. The van der Waals surface area contributed by atoms with E-state index in [0.29, 0.717) is 23.8 Å². The molecule has 0 bridgehead atoms. The molecule has 8 nitrogen and oxygen atoms in total. The zero-order chi connectivity index (χ0) is 19.5. The molecule has 3 aliphatic heterocycles. The number of carbonyl (C=O) groups excluding carboxylic acids is 1. The summed E-state index contributed by atoms with van der Waals surface area (Å²) in [6.07, 6.45) is 6.58. The Labute approximate surface area is 168 Å². The number of likely N-dealkylation sites (tertiary alicyclic amines) is 1. The van der Waals surface area contributed by atoms with Crippen LogP contribution in [0.4, 0.5) is 0 Å². The highest BCUT2D eigenvalue weighted by atomic mass is 16.2. The lowest BCUT2D eigenvalue weighted by Crippen LogP contribution is -2.51. The number of carbonyl (C=O) groups is 1. The van der Waals surface area contributed by atoms with Crippen molar-refractivity contribution in [2.24, 2.45) is 0 Å². The molecule has 0 saturated carbocycles. The molecule has 8 heteroatoms. The summed E-state index contributed by atoms with van der Waals surface area (Å²) >= 11 is 0. The summed E-state index contributed by atoms with van der Waals surface area (Å²) in [6.45, 7) is 12.4. The topological polar surface area (TPSA) is 69.5 Å². The lowest BCUT2D eigenvalue weighted by atomic mass is 10.1. The maximum absolute atomic E-state index is 12.8. The number of rotatable bonds is 5. The monoisotopic (exact) mass is 389 g/mol. The van der Waals surface area contributed by atoms with Crippen molar-refractivity contribution < 1.29 is 4.79 Å². The molecular weight excluding hydrogens is 354 g/mol. The van der Waals surface area contributed by atoms with E-state index in [9.17, 15) is 4.79 Å². The molecule has 1 aromatic heterocycles. The van der Waals surface area contributed by atoms with E-state index in [2.05, 4.69) is 39.3 Å². The van der Waals surface area contributed by atoms with E-state index in [1.54, 1.807) is 0 Å². The lowest BCUT2D eigenvalue weighted by Gasteiger charge is -2.36. The third-order valence-corrected chi connectivity index (χ3v) is 6.88. The Morgan fingerprint density at radius 1 is 1.04 bits per heavy atom. The number of hydrogen-bond donors (Lipinski definition) is 1. The van der Waals surface area contributed by atoms with Gasteiger partial charge in [0.15, 0.2) is 5.69 Å². The first kappa shape index (κ1) is 19.8. The Kier molecular flexibility index (Phi) is 6.28. The molecule has 0 aliphatic carbocycles. The van der Waals surface area contributed by atoms with Crippen molar-refractivity contribution in [1.29, 1.82) is 0 Å². The van der Waals surface area contributed by atoms with Crippen molar-refractivity contribution in [1.82, 2.24) is 35.0 Å². The summed E-state index contributed by atoms with van der Waals surface area (Å²) in [6, 6.07) is 1.78. The van der Waals surface area contributed by atoms with E-state index >= 15 is 0 Å². The van der Waals surface area contributed by atoms with Crippen LogP contribution in [0, 0.1) is 0 Å². The van der Waals surface area contributed by atoms with Gasteiger partial charge in [0.05, 0.1) is 12.2 Å². The fourth-order valence-corrected chi connectivity index (χ4v) is 4.91. The van der Waals surface area contributed by atoms with Crippen LogP contribution in [0.25, 0.3) is 0 Å². The molecule has 3 aliphatic rings.